The number of pyridine rings is 1. The van der Waals surface area contributed by atoms with Crippen LogP contribution in [-0.2, 0) is 13.0 Å². The van der Waals surface area contributed by atoms with Gasteiger partial charge in [0.2, 0.25) is 0 Å². The molecule has 1 aromatic heterocycles. The van der Waals surface area contributed by atoms with Crippen LogP contribution in [0.15, 0.2) is 72.9 Å². The minimum absolute atomic E-state index is 0.185. The van der Waals surface area contributed by atoms with E-state index in [1.54, 1.807) is 35.4 Å². The van der Waals surface area contributed by atoms with Crippen LogP contribution in [0.4, 0.5) is 16.2 Å². The SMILES string of the molecule is O=C(NCc1ccccn1)c1cccc(NC(=O)N2CCCCc3ccccc32)c1. The van der Waals surface area contributed by atoms with Crippen molar-refractivity contribution in [3.05, 3.63) is 89.7 Å². The van der Waals surface area contributed by atoms with E-state index in [0.29, 0.717) is 24.3 Å². The second kappa shape index (κ2) is 9.22. The van der Waals surface area contributed by atoms with Crippen molar-refractivity contribution in [2.24, 2.45) is 0 Å². The van der Waals surface area contributed by atoms with Crippen molar-refractivity contribution >= 4 is 23.3 Å². The normalized spacial score (nSPS) is 13.1. The summed E-state index contributed by atoms with van der Waals surface area (Å²) in [6.45, 7) is 1.02. The Morgan fingerprint density at radius 1 is 0.967 bits per heavy atom. The van der Waals surface area contributed by atoms with Gasteiger partial charge in [-0.1, -0.05) is 30.3 Å². The molecule has 152 valence electrons. The van der Waals surface area contributed by atoms with Crippen molar-refractivity contribution in [1.82, 2.24) is 10.3 Å². The van der Waals surface area contributed by atoms with Gasteiger partial charge in [0.25, 0.3) is 5.91 Å². The number of amides is 3. The number of urea groups is 1. The number of nitrogens with one attached hydrogen (secondary N) is 2. The summed E-state index contributed by atoms with van der Waals surface area (Å²) < 4.78 is 0. The fourth-order valence-electron chi connectivity index (χ4n) is 3.61. The molecule has 0 radical (unpaired) electrons. The standard InChI is InChI=1S/C24H24N4O2/c29-23(26-17-21-11-3-5-14-25-21)19-10-7-12-20(16-19)27-24(30)28-15-6-4-9-18-8-1-2-13-22(18)28/h1-3,5,7-8,10-14,16H,4,6,9,15,17H2,(H,26,29)(H,27,30). The van der Waals surface area contributed by atoms with Gasteiger partial charge in [-0.15, -0.1) is 0 Å². The van der Waals surface area contributed by atoms with Crippen LogP contribution in [-0.4, -0.2) is 23.5 Å². The fraction of sp³-hybridized carbons (Fsp3) is 0.208. The van der Waals surface area contributed by atoms with E-state index in [1.807, 2.05) is 36.4 Å². The monoisotopic (exact) mass is 400 g/mol. The summed E-state index contributed by atoms with van der Waals surface area (Å²) in [7, 11) is 0. The first-order valence-electron chi connectivity index (χ1n) is 10.2. The number of aryl methyl sites for hydroxylation is 1. The first kappa shape index (κ1) is 19.6. The number of nitrogens with zero attached hydrogens (tertiary/aromatic N) is 2. The summed E-state index contributed by atoms with van der Waals surface area (Å²) in [5.41, 5.74) is 4.01. The molecule has 0 atom stereocenters. The molecule has 3 aromatic rings. The van der Waals surface area contributed by atoms with Crippen LogP contribution in [0.2, 0.25) is 0 Å². The quantitative estimate of drug-likeness (QED) is 0.682. The van der Waals surface area contributed by atoms with Crippen LogP contribution in [0, 0.1) is 0 Å². The molecule has 2 heterocycles. The Kier molecular flexibility index (Phi) is 6.03. The van der Waals surface area contributed by atoms with Crippen LogP contribution in [0.3, 0.4) is 0 Å². The van der Waals surface area contributed by atoms with E-state index >= 15 is 0 Å². The highest BCUT2D eigenvalue weighted by Gasteiger charge is 2.21. The van der Waals surface area contributed by atoms with Gasteiger partial charge in [-0.25, -0.2) is 4.79 Å². The topological polar surface area (TPSA) is 74.3 Å². The number of fused-ring (bicyclic) bond motifs is 1. The molecule has 0 bridgehead atoms. The number of anilines is 2. The molecule has 2 aromatic carbocycles. The lowest BCUT2D eigenvalue weighted by Crippen LogP contribution is -2.35. The molecule has 0 saturated carbocycles. The predicted octanol–water partition coefficient (Wildman–Crippen LogP) is 4.39. The van der Waals surface area contributed by atoms with E-state index in [9.17, 15) is 9.59 Å². The number of rotatable bonds is 4. The molecule has 0 fully saturated rings. The maximum atomic E-state index is 13.0. The molecule has 6 heteroatoms. The van der Waals surface area contributed by atoms with Gasteiger partial charge in [0, 0.05) is 29.7 Å². The largest absolute Gasteiger partial charge is 0.346 e. The molecule has 1 aliphatic rings. The van der Waals surface area contributed by atoms with Crippen LogP contribution in [0.25, 0.3) is 0 Å². The van der Waals surface area contributed by atoms with Crippen LogP contribution in [0.1, 0.15) is 34.5 Å². The summed E-state index contributed by atoms with van der Waals surface area (Å²) >= 11 is 0. The summed E-state index contributed by atoms with van der Waals surface area (Å²) in [4.78, 5) is 31.5. The number of carbonyl (C=O) groups is 2. The molecular weight excluding hydrogens is 376 g/mol. The molecule has 0 saturated heterocycles. The van der Waals surface area contributed by atoms with E-state index < -0.39 is 0 Å². The van der Waals surface area contributed by atoms with Crippen molar-refractivity contribution < 1.29 is 9.59 Å². The first-order valence-corrected chi connectivity index (χ1v) is 10.2. The molecule has 2 N–H and O–H groups in total. The first-order chi connectivity index (χ1) is 14.7. The van der Waals surface area contributed by atoms with E-state index in [2.05, 4.69) is 21.7 Å². The average Bonchev–Trinajstić information content (AvgIpc) is 3.01. The third-order valence-electron chi connectivity index (χ3n) is 5.14. The lowest BCUT2D eigenvalue weighted by Gasteiger charge is -2.23. The van der Waals surface area contributed by atoms with Crippen molar-refractivity contribution in [2.75, 3.05) is 16.8 Å². The number of carbonyl (C=O) groups excluding carboxylic acids is 2. The highest BCUT2D eigenvalue weighted by Crippen LogP contribution is 2.26. The Morgan fingerprint density at radius 3 is 2.70 bits per heavy atom. The maximum absolute atomic E-state index is 13.0. The highest BCUT2D eigenvalue weighted by molar-refractivity contribution is 6.03. The van der Waals surface area contributed by atoms with Crippen molar-refractivity contribution in [3.8, 4) is 0 Å². The lowest BCUT2D eigenvalue weighted by molar-refractivity contribution is 0.0950. The number of hydrogen-bond donors (Lipinski definition) is 2. The van der Waals surface area contributed by atoms with Gasteiger partial charge in [0.05, 0.1) is 12.2 Å². The zero-order valence-corrected chi connectivity index (χ0v) is 16.7. The molecule has 3 amide bonds. The van der Waals surface area contributed by atoms with Crippen LogP contribution in [0.5, 0.6) is 0 Å². The van der Waals surface area contributed by atoms with Gasteiger partial charge in [0.15, 0.2) is 0 Å². The van der Waals surface area contributed by atoms with Crippen molar-refractivity contribution in [3.63, 3.8) is 0 Å². The second-order valence-electron chi connectivity index (χ2n) is 7.25. The van der Waals surface area contributed by atoms with Gasteiger partial charge in [-0.2, -0.15) is 0 Å². The maximum Gasteiger partial charge on any atom is 0.326 e. The molecular formula is C24H24N4O2. The molecule has 1 aliphatic heterocycles. The van der Waals surface area contributed by atoms with Crippen LogP contribution < -0.4 is 15.5 Å². The number of hydrogen-bond acceptors (Lipinski definition) is 3. The number of aromatic nitrogens is 1. The summed E-state index contributed by atoms with van der Waals surface area (Å²) in [6.07, 6.45) is 4.69. The number of benzene rings is 2. The van der Waals surface area contributed by atoms with Crippen molar-refractivity contribution in [2.45, 2.75) is 25.8 Å². The molecule has 6 nitrogen and oxygen atoms in total. The van der Waals surface area contributed by atoms with E-state index in [1.165, 1.54) is 5.56 Å². The Labute approximate surface area is 175 Å². The van der Waals surface area contributed by atoms with Gasteiger partial charge in [-0.05, 0) is 61.2 Å². The summed E-state index contributed by atoms with van der Waals surface area (Å²) in [5.74, 6) is -0.211. The van der Waals surface area contributed by atoms with Crippen molar-refractivity contribution in [1.29, 1.82) is 0 Å². The minimum Gasteiger partial charge on any atom is -0.346 e. The van der Waals surface area contributed by atoms with Gasteiger partial charge < -0.3 is 10.6 Å². The molecule has 0 unspecified atom stereocenters. The van der Waals surface area contributed by atoms with Gasteiger partial charge >= 0.3 is 6.03 Å². The fourth-order valence-corrected chi connectivity index (χ4v) is 3.61. The Bertz CT molecular complexity index is 1040. The lowest BCUT2D eigenvalue weighted by atomic mass is 10.1. The number of para-hydroxylation sites is 1. The average molecular weight is 400 g/mol. The zero-order valence-electron chi connectivity index (χ0n) is 16.7. The molecule has 0 aliphatic carbocycles. The van der Waals surface area contributed by atoms with E-state index in [0.717, 1.165) is 30.6 Å². The molecule has 4 rings (SSSR count). The Morgan fingerprint density at radius 2 is 1.83 bits per heavy atom. The smallest absolute Gasteiger partial charge is 0.326 e. The highest BCUT2D eigenvalue weighted by atomic mass is 16.2. The third-order valence-corrected chi connectivity index (χ3v) is 5.14. The predicted molar refractivity (Wildman–Crippen MR) is 118 cm³/mol. The van der Waals surface area contributed by atoms with Gasteiger partial charge in [0.1, 0.15) is 0 Å². The van der Waals surface area contributed by atoms with E-state index in [-0.39, 0.29) is 11.9 Å². The zero-order chi connectivity index (χ0) is 20.8. The minimum atomic E-state index is -0.211. The second-order valence-corrected chi connectivity index (χ2v) is 7.25. The third kappa shape index (κ3) is 4.66. The molecule has 0 spiro atoms. The Hall–Kier alpha value is -3.67. The van der Waals surface area contributed by atoms with Crippen LogP contribution >= 0.6 is 0 Å². The molecule has 30 heavy (non-hydrogen) atoms. The van der Waals surface area contributed by atoms with Gasteiger partial charge in [-0.3, -0.25) is 14.7 Å². The Balaban J connectivity index is 1.44. The van der Waals surface area contributed by atoms with E-state index in [4.69, 9.17) is 0 Å². The summed E-state index contributed by atoms with van der Waals surface area (Å²) in [6, 6.07) is 20.4. The summed E-state index contributed by atoms with van der Waals surface area (Å²) in [5, 5.41) is 5.80.